The molecule has 0 bridgehead atoms. The number of nitrogens with one attached hydrogen (secondary N) is 1. The topological polar surface area (TPSA) is 55.4 Å². The average molecular weight is 276 g/mol. The fourth-order valence-corrected chi connectivity index (χ4v) is 1.27. The zero-order valence-corrected chi connectivity index (χ0v) is 9.30. The van der Waals surface area contributed by atoms with Crippen molar-refractivity contribution in [1.82, 2.24) is 5.48 Å². The van der Waals surface area contributed by atoms with Gasteiger partial charge in [-0.25, -0.2) is 4.39 Å². The Kier molecular flexibility index (Phi) is 3.79. The van der Waals surface area contributed by atoms with E-state index in [1.807, 2.05) is 5.48 Å². The van der Waals surface area contributed by atoms with Gasteiger partial charge in [0.1, 0.15) is 5.82 Å². The fraction of sp³-hybridized carbons (Fsp3) is 0.111. The van der Waals surface area contributed by atoms with Crippen molar-refractivity contribution in [2.45, 2.75) is 6.92 Å². The third kappa shape index (κ3) is 3.32. The normalized spacial score (nSPS) is 9.53. The maximum atomic E-state index is 12.8. The minimum Gasteiger partial charge on any atom is -0.341 e. The Hall–Kier alpha value is -1.43. The van der Waals surface area contributed by atoms with Crippen LogP contribution in [0.5, 0.6) is 0 Å². The summed E-state index contributed by atoms with van der Waals surface area (Å²) in [5, 5.41) is 0. The molecule has 0 spiro atoms. The molecule has 1 rings (SSSR count). The molecule has 0 atom stereocenters. The highest BCUT2D eigenvalue weighted by Gasteiger charge is 2.11. The molecule has 0 radical (unpaired) electrons. The number of hydrogen-bond donors (Lipinski definition) is 1. The van der Waals surface area contributed by atoms with E-state index in [4.69, 9.17) is 0 Å². The second-order valence-corrected chi connectivity index (χ2v) is 3.50. The summed E-state index contributed by atoms with van der Waals surface area (Å²) in [6.45, 7) is 1.14. The molecule has 0 aliphatic carbocycles. The van der Waals surface area contributed by atoms with E-state index in [1.54, 1.807) is 0 Å². The summed E-state index contributed by atoms with van der Waals surface area (Å²) in [6, 6.07) is 3.62. The molecule has 0 aliphatic rings. The van der Waals surface area contributed by atoms with Gasteiger partial charge in [-0.2, -0.15) is 5.48 Å². The van der Waals surface area contributed by atoms with Crippen LogP contribution in [0.4, 0.5) is 4.39 Å². The van der Waals surface area contributed by atoms with Gasteiger partial charge in [0.2, 0.25) is 0 Å². The number of carbonyl (C=O) groups excluding carboxylic acids is 2. The summed E-state index contributed by atoms with van der Waals surface area (Å²) in [5.41, 5.74) is 1.93. The van der Waals surface area contributed by atoms with E-state index in [1.165, 1.54) is 12.1 Å². The summed E-state index contributed by atoms with van der Waals surface area (Å²) in [6.07, 6.45) is 0. The van der Waals surface area contributed by atoms with Crippen molar-refractivity contribution in [2.24, 2.45) is 0 Å². The number of halogens is 2. The van der Waals surface area contributed by atoms with Gasteiger partial charge >= 0.3 is 5.97 Å². The zero-order chi connectivity index (χ0) is 11.4. The first kappa shape index (κ1) is 11.6. The minimum absolute atomic E-state index is 0.0521. The van der Waals surface area contributed by atoms with E-state index in [0.717, 1.165) is 13.0 Å². The van der Waals surface area contributed by atoms with E-state index < -0.39 is 17.7 Å². The molecule has 15 heavy (non-hydrogen) atoms. The largest absolute Gasteiger partial charge is 0.341 e. The van der Waals surface area contributed by atoms with Gasteiger partial charge in [-0.1, -0.05) is 0 Å². The predicted octanol–water partition coefficient (Wildman–Crippen LogP) is 1.80. The smallest absolute Gasteiger partial charge is 0.329 e. The van der Waals surface area contributed by atoms with Gasteiger partial charge < -0.3 is 4.84 Å². The second kappa shape index (κ2) is 4.88. The maximum Gasteiger partial charge on any atom is 0.329 e. The molecule has 80 valence electrons. The van der Waals surface area contributed by atoms with E-state index in [0.29, 0.717) is 4.47 Å². The quantitative estimate of drug-likeness (QED) is 0.796. The SMILES string of the molecule is CC(=O)ONC(=O)c1cc(F)ccc1Br. The molecular formula is C9H7BrFNO3. The first-order chi connectivity index (χ1) is 7.00. The molecule has 0 aromatic heterocycles. The standard InChI is InChI=1S/C9H7BrFNO3/c1-5(13)15-12-9(14)7-4-6(11)2-3-8(7)10/h2-4H,1H3,(H,12,14). The number of rotatable bonds is 1. The van der Waals surface area contributed by atoms with Crippen LogP contribution in [0.2, 0.25) is 0 Å². The van der Waals surface area contributed by atoms with Crippen LogP contribution < -0.4 is 5.48 Å². The number of benzene rings is 1. The van der Waals surface area contributed by atoms with Crippen LogP contribution >= 0.6 is 15.9 Å². The molecule has 1 aromatic carbocycles. The Morgan fingerprint density at radius 3 is 2.73 bits per heavy atom. The van der Waals surface area contributed by atoms with E-state index in [2.05, 4.69) is 20.8 Å². The third-order valence-corrected chi connectivity index (χ3v) is 2.15. The number of hydrogen-bond acceptors (Lipinski definition) is 3. The van der Waals surface area contributed by atoms with Gasteiger partial charge in [-0.05, 0) is 34.1 Å². The Labute approximate surface area is 93.5 Å². The molecule has 0 fully saturated rings. The first-order valence-electron chi connectivity index (χ1n) is 3.93. The van der Waals surface area contributed by atoms with Crippen LogP contribution in [0, 0.1) is 5.82 Å². The van der Waals surface area contributed by atoms with Crippen molar-refractivity contribution in [3.05, 3.63) is 34.1 Å². The molecule has 6 heteroatoms. The molecule has 0 unspecified atom stereocenters. The highest BCUT2D eigenvalue weighted by Crippen LogP contribution is 2.17. The number of amides is 1. The summed E-state index contributed by atoms with van der Waals surface area (Å²) < 4.78 is 13.2. The lowest BCUT2D eigenvalue weighted by Crippen LogP contribution is -2.26. The molecule has 0 aliphatic heterocycles. The zero-order valence-electron chi connectivity index (χ0n) is 7.71. The molecule has 0 saturated heterocycles. The van der Waals surface area contributed by atoms with Crippen molar-refractivity contribution in [1.29, 1.82) is 0 Å². The van der Waals surface area contributed by atoms with E-state index >= 15 is 0 Å². The van der Waals surface area contributed by atoms with Crippen molar-refractivity contribution in [3.63, 3.8) is 0 Å². The van der Waals surface area contributed by atoms with Crippen molar-refractivity contribution < 1.29 is 18.8 Å². The third-order valence-electron chi connectivity index (χ3n) is 1.46. The van der Waals surface area contributed by atoms with Gasteiger partial charge in [0.25, 0.3) is 5.91 Å². The van der Waals surface area contributed by atoms with Gasteiger partial charge in [-0.15, -0.1) is 0 Å². The number of carbonyl (C=O) groups is 2. The minimum atomic E-state index is -0.698. The van der Waals surface area contributed by atoms with E-state index in [-0.39, 0.29) is 5.56 Å². The van der Waals surface area contributed by atoms with Crippen LogP contribution in [-0.4, -0.2) is 11.9 Å². The highest BCUT2D eigenvalue weighted by atomic mass is 79.9. The Bertz CT molecular complexity index is 408. The van der Waals surface area contributed by atoms with E-state index in [9.17, 15) is 14.0 Å². The van der Waals surface area contributed by atoms with Crippen LogP contribution in [0.15, 0.2) is 22.7 Å². The highest BCUT2D eigenvalue weighted by molar-refractivity contribution is 9.10. The van der Waals surface area contributed by atoms with Gasteiger partial charge in [0.15, 0.2) is 0 Å². The first-order valence-corrected chi connectivity index (χ1v) is 4.73. The Morgan fingerprint density at radius 2 is 2.13 bits per heavy atom. The molecule has 0 heterocycles. The fourth-order valence-electron chi connectivity index (χ4n) is 0.845. The lowest BCUT2D eigenvalue weighted by atomic mass is 10.2. The Balaban J connectivity index is 2.81. The van der Waals surface area contributed by atoms with Gasteiger partial charge in [-0.3, -0.25) is 9.59 Å². The lowest BCUT2D eigenvalue weighted by Gasteiger charge is -2.05. The molecular weight excluding hydrogens is 269 g/mol. The summed E-state index contributed by atoms with van der Waals surface area (Å²) in [7, 11) is 0. The second-order valence-electron chi connectivity index (χ2n) is 2.65. The molecule has 1 aromatic rings. The van der Waals surface area contributed by atoms with Crippen molar-refractivity contribution >= 4 is 27.8 Å². The van der Waals surface area contributed by atoms with Crippen molar-refractivity contribution in [2.75, 3.05) is 0 Å². The summed E-state index contributed by atoms with van der Waals surface area (Å²) in [5.74, 6) is -1.90. The van der Waals surface area contributed by atoms with Crippen LogP contribution in [0.3, 0.4) is 0 Å². The molecule has 4 nitrogen and oxygen atoms in total. The van der Waals surface area contributed by atoms with Crippen LogP contribution in [-0.2, 0) is 9.63 Å². The lowest BCUT2D eigenvalue weighted by molar-refractivity contribution is -0.146. The van der Waals surface area contributed by atoms with Crippen molar-refractivity contribution in [3.8, 4) is 0 Å². The van der Waals surface area contributed by atoms with Gasteiger partial charge in [0.05, 0.1) is 5.56 Å². The summed E-state index contributed by atoms with van der Waals surface area (Å²) in [4.78, 5) is 26.0. The maximum absolute atomic E-state index is 12.8. The monoisotopic (exact) mass is 275 g/mol. The molecule has 1 amide bonds. The number of hydroxylamine groups is 1. The Morgan fingerprint density at radius 1 is 1.47 bits per heavy atom. The molecule has 0 saturated carbocycles. The summed E-state index contributed by atoms with van der Waals surface area (Å²) >= 11 is 3.07. The predicted molar refractivity (Wildman–Crippen MR) is 53.3 cm³/mol. The van der Waals surface area contributed by atoms with Crippen LogP contribution in [0.1, 0.15) is 17.3 Å². The average Bonchev–Trinajstić information content (AvgIpc) is 2.18. The van der Waals surface area contributed by atoms with Gasteiger partial charge in [0, 0.05) is 11.4 Å². The molecule has 1 N–H and O–H groups in total. The van der Waals surface area contributed by atoms with Crippen LogP contribution in [0.25, 0.3) is 0 Å².